The lowest BCUT2D eigenvalue weighted by Crippen LogP contribution is -2.24. The van der Waals surface area contributed by atoms with Crippen LogP contribution in [0.5, 0.6) is 0 Å². The number of anilines is 6. The van der Waals surface area contributed by atoms with Gasteiger partial charge in [-0.3, -0.25) is 0 Å². The molecule has 0 aliphatic heterocycles. The first-order valence-electron chi connectivity index (χ1n) is 30.0. The standard InChI is InChI=1S/C82H78N2/c1-55-41-56(2)44-67(43-55)83(69-49-63(79(5,6)59-29-17-13-18-30-59)47-64(50-69)80(7,8)60-31-19-14-20-32-60)77-53-75-72-38-26-28-40-74(72)78(54-76(75)71-37-25-27-39-73(71)77)84(68-45-57(3)42-58(4)46-68)70-51-65(81(9,10)61-33-21-15-22-34-61)48-66(52-70)82(11,12)62-35-23-16-24-36-62/h13-54H,1-12H3. The predicted octanol–water partition coefficient (Wildman–Crippen LogP) is 22.6. The van der Waals surface area contributed by atoms with Gasteiger partial charge in [0.15, 0.2) is 0 Å². The molecule has 0 amide bonds. The summed E-state index contributed by atoms with van der Waals surface area (Å²) < 4.78 is 0. The molecule has 0 atom stereocenters. The molecule has 0 unspecified atom stereocenters. The zero-order valence-corrected chi connectivity index (χ0v) is 51.1. The van der Waals surface area contributed by atoms with E-state index in [2.05, 4.69) is 348 Å². The summed E-state index contributed by atoms with van der Waals surface area (Å²) in [4.78, 5) is 5.13. The molecule has 0 N–H and O–H groups in total. The number of hydrogen-bond donors (Lipinski definition) is 0. The Morgan fingerprint density at radius 2 is 0.429 bits per heavy atom. The second kappa shape index (κ2) is 21.6. The Morgan fingerprint density at radius 3 is 0.690 bits per heavy atom. The van der Waals surface area contributed by atoms with Gasteiger partial charge in [-0.2, -0.15) is 0 Å². The van der Waals surface area contributed by atoms with Crippen LogP contribution in [0.15, 0.2) is 255 Å². The lowest BCUT2D eigenvalue weighted by molar-refractivity contribution is 0.617. The number of rotatable bonds is 14. The van der Waals surface area contributed by atoms with Crippen molar-refractivity contribution in [1.82, 2.24) is 0 Å². The van der Waals surface area contributed by atoms with Crippen molar-refractivity contribution in [2.45, 2.75) is 105 Å². The van der Waals surface area contributed by atoms with Gasteiger partial charge in [-0.25, -0.2) is 0 Å². The van der Waals surface area contributed by atoms with Crippen molar-refractivity contribution in [3.05, 3.63) is 322 Å². The van der Waals surface area contributed by atoms with Gasteiger partial charge in [-0.05, 0) is 177 Å². The SMILES string of the molecule is Cc1cc(C)cc(N(c2cc(C(C)(C)c3ccccc3)cc(C(C)(C)c3ccccc3)c2)c2cc3c4ccccc4c(N(c4cc(C)cc(C)c4)c4cc(C(C)(C)c5ccccc5)cc(C(C)(C)c5ccccc5)c4)cc3c3ccccc23)c1. The third kappa shape index (κ3) is 10.2. The summed E-state index contributed by atoms with van der Waals surface area (Å²) >= 11 is 0. The fourth-order valence-electron chi connectivity index (χ4n) is 13.3. The van der Waals surface area contributed by atoms with E-state index >= 15 is 0 Å². The van der Waals surface area contributed by atoms with Crippen LogP contribution in [0.3, 0.4) is 0 Å². The topological polar surface area (TPSA) is 6.48 Å². The second-order valence-corrected chi connectivity index (χ2v) is 25.8. The highest BCUT2D eigenvalue weighted by molar-refractivity contribution is 6.24. The largest absolute Gasteiger partial charge is 0.310 e. The maximum atomic E-state index is 2.57. The predicted molar refractivity (Wildman–Crippen MR) is 362 cm³/mol. The molecule has 0 aliphatic carbocycles. The van der Waals surface area contributed by atoms with Crippen molar-refractivity contribution in [2.24, 2.45) is 0 Å². The van der Waals surface area contributed by atoms with E-state index in [-0.39, 0.29) is 21.7 Å². The molecule has 12 aromatic rings. The molecule has 416 valence electrons. The van der Waals surface area contributed by atoms with E-state index < -0.39 is 0 Å². The Kier molecular flexibility index (Phi) is 14.3. The molecule has 0 radical (unpaired) electrons. The molecular weight excluding hydrogens is 1010 g/mol. The van der Waals surface area contributed by atoms with Gasteiger partial charge in [0.05, 0.1) is 11.4 Å². The molecule has 0 bridgehead atoms. The molecule has 0 heterocycles. The van der Waals surface area contributed by atoms with Gasteiger partial charge >= 0.3 is 0 Å². The third-order valence-electron chi connectivity index (χ3n) is 18.5. The highest BCUT2D eigenvalue weighted by Crippen LogP contribution is 2.51. The van der Waals surface area contributed by atoms with E-state index in [1.807, 2.05) is 0 Å². The third-order valence-corrected chi connectivity index (χ3v) is 18.5. The Morgan fingerprint density at radius 1 is 0.202 bits per heavy atom. The highest BCUT2D eigenvalue weighted by Gasteiger charge is 2.34. The van der Waals surface area contributed by atoms with Crippen LogP contribution >= 0.6 is 0 Å². The normalized spacial score (nSPS) is 12.3. The van der Waals surface area contributed by atoms with E-state index in [4.69, 9.17) is 0 Å². The Labute approximate surface area is 499 Å². The summed E-state index contributed by atoms with van der Waals surface area (Å²) in [7, 11) is 0. The van der Waals surface area contributed by atoms with Crippen LogP contribution in [0.4, 0.5) is 34.1 Å². The molecule has 12 rings (SSSR count). The highest BCUT2D eigenvalue weighted by atomic mass is 15.2. The molecule has 84 heavy (non-hydrogen) atoms. The first-order valence-corrected chi connectivity index (χ1v) is 30.0. The summed E-state index contributed by atoms with van der Waals surface area (Å²) in [5.74, 6) is 0. The molecule has 0 aromatic heterocycles. The van der Waals surface area contributed by atoms with Crippen molar-refractivity contribution < 1.29 is 0 Å². The zero-order valence-electron chi connectivity index (χ0n) is 51.1. The van der Waals surface area contributed by atoms with E-state index in [9.17, 15) is 0 Å². The van der Waals surface area contributed by atoms with Gasteiger partial charge in [0.1, 0.15) is 0 Å². The molecule has 2 nitrogen and oxygen atoms in total. The van der Waals surface area contributed by atoms with Crippen LogP contribution in [0.25, 0.3) is 32.3 Å². The second-order valence-electron chi connectivity index (χ2n) is 25.8. The summed E-state index contributed by atoms with van der Waals surface area (Å²) in [6.45, 7) is 27.9. The van der Waals surface area contributed by atoms with Gasteiger partial charge in [0, 0.05) is 55.2 Å². The number of aryl methyl sites for hydroxylation is 4. The van der Waals surface area contributed by atoms with E-state index in [1.165, 1.54) is 99.1 Å². The number of nitrogens with zero attached hydrogens (tertiary/aromatic N) is 2. The van der Waals surface area contributed by atoms with Gasteiger partial charge < -0.3 is 9.80 Å². The Balaban J connectivity index is 1.16. The van der Waals surface area contributed by atoms with Crippen molar-refractivity contribution in [3.63, 3.8) is 0 Å². The average Bonchev–Trinajstić information content (AvgIpc) is 1.12. The molecule has 0 fully saturated rings. The van der Waals surface area contributed by atoms with Crippen LogP contribution < -0.4 is 9.80 Å². The molecule has 0 spiro atoms. The Bertz CT molecular complexity index is 3930. The van der Waals surface area contributed by atoms with Crippen LogP contribution in [0, 0.1) is 27.7 Å². The lowest BCUT2D eigenvalue weighted by Gasteiger charge is -2.35. The number of hydrogen-bond acceptors (Lipinski definition) is 2. The number of benzene rings is 12. The Hall–Kier alpha value is -8.98. The van der Waals surface area contributed by atoms with E-state index in [0.29, 0.717) is 0 Å². The van der Waals surface area contributed by atoms with Gasteiger partial charge in [-0.1, -0.05) is 250 Å². The van der Waals surface area contributed by atoms with Crippen LogP contribution in [0.1, 0.15) is 122 Å². The van der Waals surface area contributed by atoms with Gasteiger partial charge in [0.2, 0.25) is 0 Å². The zero-order chi connectivity index (χ0) is 58.7. The summed E-state index contributed by atoms with van der Waals surface area (Å²) in [5, 5.41) is 7.16. The maximum Gasteiger partial charge on any atom is 0.0546 e. The van der Waals surface area contributed by atoms with Crippen LogP contribution in [-0.2, 0) is 21.7 Å². The summed E-state index contributed by atoms with van der Waals surface area (Å²) in [6, 6.07) is 96.2. The van der Waals surface area contributed by atoms with Crippen molar-refractivity contribution in [3.8, 4) is 0 Å². The van der Waals surface area contributed by atoms with Crippen LogP contribution in [-0.4, -0.2) is 0 Å². The van der Waals surface area contributed by atoms with Crippen LogP contribution in [0.2, 0.25) is 0 Å². The first-order chi connectivity index (χ1) is 40.3. The van der Waals surface area contributed by atoms with Gasteiger partial charge in [-0.15, -0.1) is 0 Å². The quantitative estimate of drug-likeness (QED) is 0.100. The first kappa shape index (κ1) is 55.5. The molecule has 0 saturated carbocycles. The van der Waals surface area contributed by atoms with E-state index in [0.717, 1.165) is 34.1 Å². The molecule has 12 aromatic carbocycles. The van der Waals surface area contributed by atoms with Gasteiger partial charge in [0.25, 0.3) is 0 Å². The minimum atomic E-state index is -0.318. The minimum Gasteiger partial charge on any atom is -0.310 e. The number of fused-ring (bicyclic) bond motifs is 5. The maximum absolute atomic E-state index is 2.57. The fourth-order valence-corrected chi connectivity index (χ4v) is 13.3. The van der Waals surface area contributed by atoms with Crippen molar-refractivity contribution >= 4 is 66.4 Å². The molecule has 0 saturated heterocycles. The fraction of sp³-hybridized carbons (Fsp3) is 0.195. The molecule has 2 heteroatoms. The average molecular weight is 1090 g/mol. The van der Waals surface area contributed by atoms with E-state index in [1.54, 1.807) is 0 Å². The summed E-state index contributed by atoms with van der Waals surface area (Å²) in [6.07, 6.45) is 0. The summed E-state index contributed by atoms with van der Waals surface area (Å²) in [5.41, 5.74) is 20.5. The lowest BCUT2D eigenvalue weighted by atomic mass is 9.73. The van der Waals surface area contributed by atoms with Crippen molar-refractivity contribution in [2.75, 3.05) is 9.80 Å². The minimum absolute atomic E-state index is 0.318. The smallest absolute Gasteiger partial charge is 0.0546 e. The molecule has 0 aliphatic rings. The van der Waals surface area contributed by atoms with Crippen molar-refractivity contribution in [1.29, 1.82) is 0 Å². The monoisotopic (exact) mass is 1090 g/mol. The molecular formula is C82H78N2.